The molecule has 0 spiro atoms. The van der Waals surface area contributed by atoms with Gasteiger partial charge in [0.15, 0.2) is 0 Å². The van der Waals surface area contributed by atoms with E-state index >= 15 is 0 Å². The lowest BCUT2D eigenvalue weighted by molar-refractivity contribution is -0.0772. The quantitative estimate of drug-likeness (QED) is 0.504. The van der Waals surface area contributed by atoms with Gasteiger partial charge < -0.3 is 18.9 Å². The molecule has 6 heteroatoms. The normalized spacial score (nSPS) is 21.0. The van der Waals surface area contributed by atoms with Crippen LogP contribution < -0.4 is 0 Å². The highest BCUT2D eigenvalue weighted by molar-refractivity contribution is 5.61. The number of ether oxygens (including phenoxy) is 4. The van der Waals surface area contributed by atoms with Gasteiger partial charge in [-0.3, -0.25) is 0 Å². The summed E-state index contributed by atoms with van der Waals surface area (Å²) >= 11 is 0. The summed E-state index contributed by atoms with van der Waals surface area (Å²) < 4.78 is 21.8. The first-order valence-electron chi connectivity index (χ1n) is 9.98. The second-order valence-electron chi connectivity index (χ2n) is 7.66. The molecule has 152 valence electrons. The third-order valence-corrected chi connectivity index (χ3v) is 5.75. The molecule has 1 aliphatic rings. The predicted octanol–water partition coefficient (Wildman–Crippen LogP) is 5.76. The van der Waals surface area contributed by atoms with Gasteiger partial charge in [-0.2, -0.15) is 0 Å². The van der Waals surface area contributed by atoms with Gasteiger partial charge in [-0.25, -0.2) is 9.59 Å². The van der Waals surface area contributed by atoms with E-state index < -0.39 is 23.5 Å². The van der Waals surface area contributed by atoms with Crippen molar-refractivity contribution in [2.24, 2.45) is 0 Å². The second-order valence-corrected chi connectivity index (χ2v) is 7.66. The van der Waals surface area contributed by atoms with Crippen molar-refractivity contribution in [3.05, 3.63) is 0 Å². The van der Waals surface area contributed by atoms with E-state index in [0.717, 1.165) is 44.9 Å². The van der Waals surface area contributed by atoms with Gasteiger partial charge >= 0.3 is 12.3 Å². The van der Waals surface area contributed by atoms with E-state index in [4.69, 9.17) is 18.9 Å². The summed E-state index contributed by atoms with van der Waals surface area (Å²) in [6.07, 6.45) is 3.85. The highest BCUT2D eigenvalue weighted by Gasteiger charge is 2.32. The first kappa shape index (κ1) is 22.6. The lowest BCUT2D eigenvalue weighted by Crippen LogP contribution is -2.37. The zero-order valence-corrected chi connectivity index (χ0v) is 17.3. The van der Waals surface area contributed by atoms with Crippen molar-refractivity contribution in [3.63, 3.8) is 0 Å². The lowest BCUT2D eigenvalue weighted by atomic mass is 9.95. The largest absolute Gasteiger partial charge is 0.509 e. The van der Waals surface area contributed by atoms with Crippen LogP contribution in [0.4, 0.5) is 9.59 Å². The van der Waals surface area contributed by atoms with Crippen LogP contribution >= 0.6 is 0 Å². The van der Waals surface area contributed by atoms with E-state index in [1.165, 1.54) is 0 Å². The zero-order chi connectivity index (χ0) is 19.8. The van der Waals surface area contributed by atoms with Crippen LogP contribution in [-0.2, 0) is 18.9 Å². The number of rotatable bonds is 8. The third-order valence-electron chi connectivity index (χ3n) is 5.75. The van der Waals surface area contributed by atoms with Crippen molar-refractivity contribution in [1.82, 2.24) is 0 Å². The summed E-state index contributed by atoms with van der Waals surface area (Å²) in [6.45, 7) is 11.7. The van der Waals surface area contributed by atoms with Crippen molar-refractivity contribution >= 4 is 12.3 Å². The van der Waals surface area contributed by atoms with Crippen LogP contribution in [0.15, 0.2) is 0 Å². The van der Waals surface area contributed by atoms with Crippen molar-refractivity contribution in [2.75, 3.05) is 0 Å². The standard InChI is InChI=1S/C20H36O6/c1-7-19(5,8-2)25-17(21)23-15-12-11-13-16(14-15)24-18(22)26-20(6,9-3)10-4/h15-16H,7-14H2,1-6H3. The molecule has 0 saturated heterocycles. The number of hydrogen-bond acceptors (Lipinski definition) is 6. The highest BCUT2D eigenvalue weighted by Crippen LogP contribution is 2.27. The topological polar surface area (TPSA) is 71.1 Å². The van der Waals surface area contributed by atoms with E-state index in [0.29, 0.717) is 6.42 Å². The van der Waals surface area contributed by atoms with Crippen molar-refractivity contribution in [1.29, 1.82) is 0 Å². The van der Waals surface area contributed by atoms with Gasteiger partial charge in [0.05, 0.1) is 0 Å². The molecule has 1 fully saturated rings. The molecular weight excluding hydrogens is 336 g/mol. The van der Waals surface area contributed by atoms with Crippen molar-refractivity contribution in [3.8, 4) is 0 Å². The Labute approximate surface area is 157 Å². The van der Waals surface area contributed by atoms with Gasteiger partial charge in [0, 0.05) is 6.42 Å². The predicted molar refractivity (Wildman–Crippen MR) is 99.2 cm³/mol. The van der Waals surface area contributed by atoms with Gasteiger partial charge in [0.25, 0.3) is 0 Å². The Kier molecular flexibility index (Phi) is 8.71. The SMILES string of the molecule is CCC(C)(CC)OC(=O)OC1CCCC(OC(=O)OC(C)(CC)CC)C1. The first-order valence-corrected chi connectivity index (χ1v) is 9.98. The molecule has 0 bridgehead atoms. The van der Waals surface area contributed by atoms with E-state index in [1.807, 2.05) is 41.5 Å². The van der Waals surface area contributed by atoms with E-state index in [2.05, 4.69) is 0 Å². The third kappa shape index (κ3) is 7.04. The van der Waals surface area contributed by atoms with Gasteiger partial charge in [-0.05, 0) is 58.8 Å². The minimum atomic E-state index is -0.644. The van der Waals surface area contributed by atoms with Crippen molar-refractivity contribution < 1.29 is 28.5 Å². The van der Waals surface area contributed by atoms with Gasteiger partial charge in [0.2, 0.25) is 0 Å². The molecule has 1 rings (SSSR count). The maximum Gasteiger partial charge on any atom is 0.509 e. The van der Waals surface area contributed by atoms with E-state index in [1.54, 1.807) is 0 Å². The first-order chi connectivity index (χ1) is 12.2. The lowest BCUT2D eigenvalue weighted by Gasteiger charge is -2.32. The summed E-state index contributed by atoms with van der Waals surface area (Å²) in [4.78, 5) is 24.1. The van der Waals surface area contributed by atoms with Crippen LogP contribution in [0.25, 0.3) is 0 Å². The molecule has 2 atom stereocenters. The molecule has 1 aliphatic carbocycles. The van der Waals surface area contributed by atoms with Crippen LogP contribution in [0.1, 0.15) is 92.9 Å². The molecule has 6 nitrogen and oxygen atoms in total. The Bertz CT molecular complexity index is 413. The van der Waals surface area contributed by atoms with Crippen LogP contribution in [-0.4, -0.2) is 35.7 Å². The molecule has 26 heavy (non-hydrogen) atoms. The molecule has 0 aromatic rings. The zero-order valence-electron chi connectivity index (χ0n) is 17.3. The van der Waals surface area contributed by atoms with Gasteiger partial charge in [-0.1, -0.05) is 27.7 Å². The smallest absolute Gasteiger partial charge is 0.431 e. The average molecular weight is 373 g/mol. The molecule has 0 aromatic carbocycles. The van der Waals surface area contributed by atoms with Crippen LogP contribution in [0.3, 0.4) is 0 Å². The van der Waals surface area contributed by atoms with Gasteiger partial charge in [-0.15, -0.1) is 0 Å². The molecule has 0 amide bonds. The molecular formula is C20H36O6. The fourth-order valence-corrected chi connectivity index (χ4v) is 2.83. The van der Waals surface area contributed by atoms with Crippen molar-refractivity contribution in [2.45, 2.75) is 116 Å². The Hall–Kier alpha value is -1.46. The maximum absolute atomic E-state index is 12.1. The Morgan fingerprint density at radius 1 is 0.769 bits per heavy atom. The average Bonchev–Trinajstić information content (AvgIpc) is 2.61. The summed E-state index contributed by atoms with van der Waals surface area (Å²) in [5.74, 6) is 0. The van der Waals surface area contributed by atoms with Crippen LogP contribution in [0.5, 0.6) is 0 Å². The second kappa shape index (κ2) is 10.0. The minimum Gasteiger partial charge on any atom is -0.431 e. The number of carbonyl (C=O) groups excluding carboxylic acids is 2. The molecule has 0 aliphatic heterocycles. The number of hydrogen-bond donors (Lipinski definition) is 0. The van der Waals surface area contributed by atoms with Crippen LogP contribution in [0, 0.1) is 0 Å². The van der Waals surface area contributed by atoms with E-state index in [9.17, 15) is 9.59 Å². The summed E-state index contributed by atoms with van der Waals surface area (Å²) in [5, 5.41) is 0. The fourth-order valence-electron chi connectivity index (χ4n) is 2.83. The molecule has 0 N–H and O–H groups in total. The number of carbonyl (C=O) groups is 2. The molecule has 0 aromatic heterocycles. The highest BCUT2D eigenvalue weighted by atomic mass is 16.7. The maximum atomic E-state index is 12.1. The summed E-state index contributed by atoms with van der Waals surface area (Å²) in [5.41, 5.74) is -1.01. The molecule has 0 heterocycles. The van der Waals surface area contributed by atoms with Crippen LogP contribution in [0.2, 0.25) is 0 Å². The molecule has 2 unspecified atom stereocenters. The monoisotopic (exact) mass is 372 g/mol. The molecule has 0 radical (unpaired) electrons. The summed E-state index contributed by atoms with van der Waals surface area (Å²) in [6, 6.07) is 0. The van der Waals surface area contributed by atoms with E-state index in [-0.39, 0.29) is 12.2 Å². The Morgan fingerprint density at radius 2 is 1.12 bits per heavy atom. The summed E-state index contributed by atoms with van der Waals surface area (Å²) in [7, 11) is 0. The Morgan fingerprint density at radius 3 is 1.42 bits per heavy atom. The molecule has 1 saturated carbocycles. The van der Waals surface area contributed by atoms with Gasteiger partial charge in [0.1, 0.15) is 23.4 Å². The Balaban J connectivity index is 2.49. The fraction of sp³-hybridized carbons (Fsp3) is 0.900. The minimum absolute atomic E-state index is 0.296.